The van der Waals surface area contributed by atoms with Crippen LogP contribution < -0.4 is 0 Å². The SMILES string of the molecule is Cc1ccc(S(=O)(=O)N2C[C@@H]3C[C@H](CO)C[C@@H](C3)C2)cc1. The van der Waals surface area contributed by atoms with Crippen molar-refractivity contribution in [2.45, 2.75) is 31.1 Å². The topological polar surface area (TPSA) is 57.6 Å². The third-order valence-electron chi connectivity index (χ3n) is 4.84. The molecular weight excluding hydrogens is 286 g/mol. The monoisotopic (exact) mass is 309 g/mol. The molecule has 1 N–H and O–H groups in total. The van der Waals surface area contributed by atoms with Crippen molar-refractivity contribution >= 4 is 10.0 Å². The summed E-state index contributed by atoms with van der Waals surface area (Å²) in [6.45, 7) is 3.39. The van der Waals surface area contributed by atoms with Gasteiger partial charge in [-0.3, -0.25) is 0 Å². The highest BCUT2D eigenvalue weighted by atomic mass is 32.2. The normalized spacial score (nSPS) is 30.3. The molecule has 3 atom stereocenters. The molecule has 0 aromatic heterocycles. The van der Waals surface area contributed by atoms with Gasteiger partial charge in [-0.1, -0.05) is 17.7 Å². The van der Waals surface area contributed by atoms with Crippen molar-refractivity contribution in [1.82, 2.24) is 4.31 Å². The van der Waals surface area contributed by atoms with Crippen LogP contribution in [0.3, 0.4) is 0 Å². The molecule has 2 fully saturated rings. The first kappa shape index (κ1) is 15.0. The summed E-state index contributed by atoms with van der Waals surface area (Å²) in [7, 11) is -3.37. The largest absolute Gasteiger partial charge is 0.396 e. The molecule has 1 aliphatic carbocycles. The summed E-state index contributed by atoms with van der Waals surface area (Å²) in [5.74, 6) is 1.16. The summed E-state index contributed by atoms with van der Waals surface area (Å²) in [4.78, 5) is 0.395. The van der Waals surface area contributed by atoms with Crippen LogP contribution in [-0.4, -0.2) is 37.5 Å². The summed E-state index contributed by atoms with van der Waals surface area (Å²) >= 11 is 0. The Bertz CT molecular complexity index is 582. The second-order valence-electron chi connectivity index (χ2n) is 6.62. The highest BCUT2D eigenvalue weighted by molar-refractivity contribution is 7.89. The van der Waals surface area contributed by atoms with Gasteiger partial charge in [0.15, 0.2) is 0 Å². The van der Waals surface area contributed by atoms with Crippen LogP contribution in [0.15, 0.2) is 29.2 Å². The van der Waals surface area contributed by atoms with Crippen LogP contribution in [0.25, 0.3) is 0 Å². The zero-order valence-corrected chi connectivity index (χ0v) is 13.2. The minimum Gasteiger partial charge on any atom is -0.396 e. The van der Waals surface area contributed by atoms with Crippen LogP contribution in [0.1, 0.15) is 24.8 Å². The summed E-state index contributed by atoms with van der Waals surface area (Å²) < 4.78 is 27.2. The van der Waals surface area contributed by atoms with E-state index in [0.29, 0.717) is 35.7 Å². The molecular formula is C16H23NO3S. The zero-order valence-electron chi connectivity index (χ0n) is 12.4. The highest BCUT2D eigenvalue weighted by Gasteiger charge is 2.39. The molecule has 116 valence electrons. The van der Waals surface area contributed by atoms with Gasteiger partial charge in [0.05, 0.1) is 4.90 Å². The Morgan fingerprint density at radius 3 is 2.19 bits per heavy atom. The average molecular weight is 309 g/mol. The Labute approximate surface area is 126 Å². The van der Waals surface area contributed by atoms with Gasteiger partial charge in [-0.15, -0.1) is 0 Å². The van der Waals surface area contributed by atoms with Crippen molar-refractivity contribution in [3.63, 3.8) is 0 Å². The first-order valence-electron chi connectivity index (χ1n) is 7.66. The van der Waals surface area contributed by atoms with Crippen LogP contribution in [0.4, 0.5) is 0 Å². The molecule has 1 saturated heterocycles. The van der Waals surface area contributed by atoms with E-state index in [4.69, 9.17) is 0 Å². The van der Waals surface area contributed by atoms with E-state index in [1.165, 1.54) is 0 Å². The molecule has 1 saturated carbocycles. The van der Waals surface area contributed by atoms with E-state index in [-0.39, 0.29) is 6.61 Å². The molecule has 0 radical (unpaired) electrons. The van der Waals surface area contributed by atoms with Crippen molar-refractivity contribution in [3.05, 3.63) is 29.8 Å². The number of benzene rings is 1. The number of piperidine rings is 1. The van der Waals surface area contributed by atoms with E-state index in [1.54, 1.807) is 16.4 Å². The van der Waals surface area contributed by atoms with Gasteiger partial charge in [-0.2, -0.15) is 4.31 Å². The fourth-order valence-electron chi connectivity index (χ4n) is 3.86. The van der Waals surface area contributed by atoms with Gasteiger partial charge in [0.1, 0.15) is 0 Å². The number of hydrogen-bond donors (Lipinski definition) is 1. The van der Waals surface area contributed by atoms with Crippen LogP contribution in [0.2, 0.25) is 0 Å². The highest BCUT2D eigenvalue weighted by Crippen LogP contribution is 2.39. The molecule has 3 rings (SSSR count). The number of nitrogens with zero attached hydrogens (tertiary/aromatic N) is 1. The van der Waals surface area contributed by atoms with E-state index < -0.39 is 10.0 Å². The maximum absolute atomic E-state index is 12.8. The third-order valence-corrected chi connectivity index (χ3v) is 6.69. The second-order valence-corrected chi connectivity index (χ2v) is 8.56. The lowest BCUT2D eigenvalue weighted by molar-refractivity contribution is 0.0726. The number of aliphatic hydroxyl groups excluding tert-OH is 1. The molecule has 4 nitrogen and oxygen atoms in total. The third kappa shape index (κ3) is 3.00. The predicted molar refractivity (Wildman–Crippen MR) is 81.3 cm³/mol. The Morgan fingerprint density at radius 2 is 1.67 bits per heavy atom. The molecule has 1 aliphatic heterocycles. The van der Waals surface area contributed by atoms with Gasteiger partial charge in [0, 0.05) is 19.7 Å². The van der Waals surface area contributed by atoms with Gasteiger partial charge in [0.25, 0.3) is 0 Å². The van der Waals surface area contributed by atoms with Crippen LogP contribution in [0.5, 0.6) is 0 Å². The summed E-state index contributed by atoms with van der Waals surface area (Å²) in [6.07, 6.45) is 3.01. The van der Waals surface area contributed by atoms with Crippen molar-refractivity contribution in [2.24, 2.45) is 17.8 Å². The predicted octanol–water partition coefficient (Wildman–Crippen LogP) is 2.02. The first-order chi connectivity index (χ1) is 9.99. The fraction of sp³-hybridized carbons (Fsp3) is 0.625. The van der Waals surface area contributed by atoms with E-state index in [2.05, 4.69) is 0 Å². The molecule has 1 aromatic rings. The molecule has 2 aliphatic rings. The fourth-order valence-corrected chi connectivity index (χ4v) is 5.45. The molecule has 2 bridgehead atoms. The van der Waals surface area contributed by atoms with Gasteiger partial charge in [-0.05, 0) is 56.1 Å². The molecule has 0 spiro atoms. The van der Waals surface area contributed by atoms with Gasteiger partial charge >= 0.3 is 0 Å². The smallest absolute Gasteiger partial charge is 0.243 e. The zero-order chi connectivity index (χ0) is 15.0. The Balaban J connectivity index is 1.80. The summed E-state index contributed by atoms with van der Waals surface area (Å²) in [6, 6.07) is 7.09. The number of rotatable bonds is 3. The summed E-state index contributed by atoms with van der Waals surface area (Å²) in [5, 5.41) is 9.34. The number of aliphatic hydroxyl groups is 1. The van der Waals surface area contributed by atoms with Crippen molar-refractivity contribution < 1.29 is 13.5 Å². The maximum Gasteiger partial charge on any atom is 0.243 e. The number of fused-ring (bicyclic) bond motifs is 2. The minimum absolute atomic E-state index is 0.234. The van der Waals surface area contributed by atoms with Crippen LogP contribution >= 0.6 is 0 Å². The minimum atomic E-state index is -3.37. The van der Waals surface area contributed by atoms with Crippen molar-refractivity contribution in [3.8, 4) is 0 Å². The second kappa shape index (κ2) is 5.71. The Hall–Kier alpha value is -0.910. The quantitative estimate of drug-likeness (QED) is 0.929. The van der Waals surface area contributed by atoms with E-state index >= 15 is 0 Å². The van der Waals surface area contributed by atoms with E-state index in [1.807, 2.05) is 19.1 Å². The lowest BCUT2D eigenvalue weighted by Gasteiger charge is -2.43. The molecule has 1 heterocycles. The lowest BCUT2D eigenvalue weighted by Crippen LogP contribution is -2.47. The average Bonchev–Trinajstić information content (AvgIpc) is 2.46. The lowest BCUT2D eigenvalue weighted by atomic mass is 9.73. The molecule has 1 aromatic carbocycles. The van der Waals surface area contributed by atoms with Crippen molar-refractivity contribution in [1.29, 1.82) is 0 Å². The first-order valence-corrected chi connectivity index (χ1v) is 9.10. The molecule has 21 heavy (non-hydrogen) atoms. The number of aryl methyl sites for hydroxylation is 1. The Morgan fingerprint density at radius 1 is 1.10 bits per heavy atom. The molecule has 0 unspecified atom stereocenters. The Kier molecular flexibility index (Phi) is 4.08. The van der Waals surface area contributed by atoms with Gasteiger partial charge in [0.2, 0.25) is 10.0 Å². The molecule has 0 amide bonds. The molecule has 5 heteroatoms. The number of hydrogen-bond acceptors (Lipinski definition) is 3. The van der Waals surface area contributed by atoms with E-state index in [0.717, 1.165) is 24.8 Å². The van der Waals surface area contributed by atoms with Gasteiger partial charge < -0.3 is 5.11 Å². The van der Waals surface area contributed by atoms with E-state index in [9.17, 15) is 13.5 Å². The van der Waals surface area contributed by atoms with Crippen LogP contribution in [0, 0.1) is 24.7 Å². The maximum atomic E-state index is 12.8. The van der Waals surface area contributed by atoms with Crippen molar-refractivity contribution in [2.75, 3.05) is 19.7 Å². The van der Waals surface area contributed by atoms with Crippen LogP contribution in [-0.2, 0) is 10.0 Å². The van der Waals surface area contributed by atoms with Gasteiger partial charge in [-0.25, -0.2) is 8.42 Å². The number of sulfonamides is 1. The standard InChI is InChI=1S/C16H23NO3S/c1-12-2-4-16(5-3-12)21(19,20)17-9-13-6-14(10-17)8-15(7-13)11-18/h2-5,13-15,18H,6-11H2,1H3/t13-,14+,15-. The summed E-state index contributed by atoms with van der Waals surface area (Å²) in [5.41, 5.74) is 1.07.